The van der Waals surface area contributed by atoms with Crippen molar-refractivity contribution in [1.82, 2.24) is 20.3 Å². The number of nitrogens with zero attached hydrogens (tertiary/aromatic N) is 4. The van der Waals surface area contributed by atoms with Gasteiger partial charge >= 0.3 is 0 Å². The van der Waals surface area contributed by atoms with E-state index < -0.39 is 0 Å². The summed E-state index contributed by atoms with van der Waals surface area (Å²) in [6.45, 7) is 4.44. The maximum Gasteiger partial charge on any atom is 0.270 e. The summed E-state index contributed by atoms with van der Waals surface area (Å²) in [7, 11) is 0. The Balaban J connectivity index is 1.43. The number of rotatable bonds is 6. The van der Waals surface area contributed by atoms with E-state index in [2.05, 4.69) is 42.6 Å². The number of carbonyl (C=O) groups is 1. The van der Waals surface area contributed by atoms with E-state index in [4.69, 9.17) is 0 Å². The highest BCUT2D eigenvalue weighted by atomic mass is 16.1. The van der Waals surface area contributed by atoms with Gasteiger partial charge in [-0.2, -0.15) is 0 Å². The number of aromatic nitrogens is 3. The van der Waals surface area contributed by atoms with Gasteiger partial charge in [-0.3, -0.25) is 9.78 Å². The molecule has 29 heavy (non-hydrogen) atoms. The van der Waals surface area contributed by atoms with Crippen molar-refractivity contribution in [1.29, 1.82) is 0 Å². The van der Waals surface area contributed by atoms with E-state index in [1.54, 1.807) is 25.4 Å². The predicted octanol–water partition coefficient (Wildman–Crippen LogP) is 3.45. The summed E-state index contributed by atoms with van der Waals surface area (Å²) in [5, 5.41) is 6.16. The minimum absolute atomic E-state index is 0.236. The van der Waals surface area contributed by atoms with Crippen LogP contribution in [0.2, 0.25) is 0 Å². The summed E-state index contributed by atoms with van der Waals surface area (Å²) in [5.41, 5.74) is 3.48. The molecule has 0 radical (unpaired) electrons. The first-order valence-electron chi connectivity index (χ1n) is 9.82. The van der Waals surface area contributed by atoms with Gasteiger partial charge in [0.1, 0.15) is 17.3 Å². The predicted molar refractivity (Wildman–Crippen MR) is 113 cm³/mol. The lowest BCUT2D eigenvalue weighted by Crippen LogP contribution is -2.24. The lowest BCUT2D eigenvalue weighted by molar-refractivity contribution is 0.0945. The Bertz CT molecular complexity index is 968. The second-order valence-corrected chi connectivity index (χ2v) is 7.09. The van der Waals surface area contributed by atoms with Crippen LogP contribution in [0, 0.1) is 6.92 Å². The van der Waals surface area contributed by atoms with Crippen molar-refractivity contribution < 1.29 is 4.79 Å². The lowest BCUT2D eigenvalue weighted by Gasteiger charge is -2.18. The molecule has 4 rings (SSSR count). The second kappa shape index (κ2) is 8.68. The van der Waals surface area contributed by atoms with E-state index in [1.807, 2.05) is 24.3 Å². The zero-order valence-electron chi connectivity index (χ0n) is 16.4. The van der Waals surface area contributed by atoms with Crippen molar-refractivity contribution >= 4 is 23.1 Å². The van der Waals surface area contributed by atoms with Crippen molar-refractivity contribution in [3.8, 4) is 0 Å². The van der Waals surface area contributed by atoms with Crippen molar-refractivity contribution in [3.63, 3.8) is 0 Å². The third-order valence-electron chi connectivity index (χ3n) is 4.88. The Hall–Kier alpha value is -3.48. The van der Waals surface area contributed by atoms with Crippen LogP contribution in [0.1, 0.15) is 34.7 Å². The third-order valence-corrected chi connectivity index (χ3v) is 4.88. The van der Waals surface area contributed by atoms with E-state index in [0.717, 1.165) is 24.3 Å². The molecule has 1 aliphatic heterocycles. The maximum absolute atomic E-state index is 12.5. The van der Waals surface area contributed by atoms with Crippen molar-refractivity contribution in [2.24, 2.45) is 0 Å². The van der Waals surface area contributed by atoms with Crippen molar-refractivity contribution in [3.05, 3.63) is 71.9 Å². The zero-order valence-corrected chi connectivity index (χ0v) is 16.4. The fraction of sp³-hybridized carbons (Fsp3) is 0.273. The van der Waals surface area contributed by atoms with Crippen LogP contribution in [0.4, 0.5) is 17.2 Å². The topological polar surface area (TPSA) is 83.0 Å². The number of pyridine rings is 1. The Morgan fingerprint density at radius 2 is 1.76 bits per heavy atom. The van der Waals surface area contributed by atoms with Crippen LogP contribution in [0.3, 0.4) is 0 Å². The number of aryl methyl sites for hydroxylation is 1. The van der Waals surface area contributed by atoms with E-state index in [1.165, 1.54) is 18.5 Å². The molecule has 0 atom stereocenters. The smallest absolute Gasteiger partial charge is 0.270 e. The van der Waals surface area contributed by atoms with Gasteiger partial charge in [-0.05, 0) is 61.7 Å². The molecule has 3 aromatic rings. The molecule has 0 spiro atoms. The van der Waals surface area contributed by atoms with Crippen LogP contribution in [0.15, 0.2) is 54.9 Å². The first-order chi connectivity index (χ1) is 14.2. The molecule has 0 saturated carbocycles. The van der Waals surface area contributed by atoms with Gasteiger partial charge < -0.3 is 15.5 Å². The van der Waals surface area contributed by atoms with Crippen LogP contribution >= 0.6 is 0 Å². The average molecular weight is 388 g/mol. The first kappa shape index (κ1) is 18.9. The van der Waals surface area contributed by atoms with Crippen LogP contribution in [-0.4, -0.2) is 33.9 Å². The molecule has 148 valence electrons. The van der Waals surface area contributed by atoms with Crippen LogP contribution in [0.5, 0.6) is 0 Å². The average Bonchev–Trinajstić information content (AvgIpc) is 3.28. The summed E-state index contributed by atoms with van der Waals surface area (Å²) in [4.78, 5) is 27.6. The molecule has 1 fully saturated rings. The normalized spacial score (nSPS) is 13.3. The number of nitrogens with one attached hydrogen (secondary N) is 2. The van der Waals surface area contributed by atoms with Gasteiger partial charge in [-0.15, -0.1) is 0 Å². The van der Waals surface area contributed by atoms with Crippen molar-refractivity contribution in [2.75, 3.05) is 23.3 Å². The molecule has 1 amide bonds. The Kier molecular flexibility index (Phi) is 5.65. The maximum atomic E-state index is 12.5. The van der Waals surface area contributed by atoms with Gasteiger partial charge in [0.15, 0.2) is 0 Å². The Morgan fingerprint density at radius 3 is 2.48 bits per heavy atom. The summed E-state index contributed by atoms with van der Waals surface area (Å²) in [6.07, 6.45) is 5.92. The Labute approximate surface area is 170 Å². The summed E-state index contributed by atoms with van der Waals surface area (Å²) in [5.74, 6) is 0.901. The molecule has 0 bridgehead atoms. The highest BCUT2D eigenvalue weighted by Gasteiger charge is 2.13. The number of hydrogen-bond acceptors (Lipinski definition) is 6. The number of amides is 1. The fourth-order valence-electron chi connectivity index (χ4n) is 3.40. The molecule has 7 heteroatoms. The summed E-state index contributed by atoms with van der Waals surface area (Å²) in [6, 6.07) is 13.7. The van der Waals surface area contributed by atoms with Crippen molar-refractivity contribution in [2.45, 2.75) is 26.3 Å². The van der Waals surface area contributed by atoms with Crippen LogP contribution < -0.4 is 15.5 Å². The third kappa shape index (κ3) is 4.87. The molecule has 2 aromatic heterocycles. The van der Waals surface area contributed by atoms with Gasteiger partial charge in [0.25, 0.3) is 5.91 Å². The highest BCUT2D eigenvalue weighted by Crippen LogP contribution is 2.23. The van der Waals surface area contributed by atoms with Gasteiger partial charge in [0.2, 0.25) is 0 Å². The summed E-state index contributed by atoms with van der Waals surface area (Å²) < 4.78 is 0. The minimum Gasteiger partial charge on any atom is -0.372 e. The number of anilines is 3. The zero-order chi connectivity index (χ0) is 20.1. The lowest BCUT2D eigenvalue weighted by atomic mass is 10.2. The monoisotopic (exact) mass is 388 g/mol. The molecule has 3 heterocycles. The van der Waals surface area contributed by atoms with E-state index in [0.29, 0.717) is 23.9 Å². The molecule has 7 nitrogen and oxygen atoms in total. The van der Waals surface area contributed by atoms with E-state index in [-0.39, 0.29) is 5.91 Å². The standard InChI is InChI=1S/C22H24N6O/c1-16-25-20(22(29)24-15-17-8-10-23-11-9-17)14-21(26-16)27-18-4-6-19(7-5-18)28-12-2-3-13-28/h4-11,14H,2-3,12-13,15H2,1H3,(H,24,29)(H,25,26,27). The molecule has 0 aliphatic carbocycles. The largest absolute Gasteiger partial charge is 0.372 e. The molecular weight excluding hydrogens is 364 g/mol. The molecule has 2 N–H and O–H groups in total. The number of benzene rings is 1. The minimum atomic E-state index is -0.236. The number of carbonyl (C=O) groups excluding carboxylic acids is 1. The van der Waals surface area contributed by atoms with Crippen LogP contribution in [-0.2, 0) is 6.54 Å². The molecule has 1 aromatic carbocycles. The first-order valence-corrected chi connectivity index (χ1v) is 9.82. The summed E-state index contributed by atoms with van der Waals surface area (Å²) >= 11 is 0. The fourth-order valence-corrected chi connectivity index (χ4v) is 3.40. The van der Waals surface area contributed by atoms with Gasteiger partial charge in [0, 0.05) is 49.5 Å². The highest BCUT2D eigenvalue weighted by molar-refractivity contribution is 5.93. The van der Waals surface area contributed by atoms with Gasteiger partial charge in [-0.25, -0.2) is 9.97 Å². The number of hydrogen-bond donors (Lipinski definition) is 2. The van der Waals surface area contributed by atoms with E-state index >= 15 is 0 Å². The van der Waals surface area contributed by atoms with E-state index in [9.17, 15) is 4.79 Å². The SMILES string of the molecule is Cc1nc(Nc2ccc(N3CCCC3)cc2)cc(C(=O)NCc2ccncc2)n1. The molecule has 1 aliphatic rings. The van der Waals surface area contributed by atoms with Gasteiger partial charge in [-0.1, -0.05) is 0 Å². The van der Waals surface area contributed by atoms with Crippen LogP contribution in [0.25, 0.3) is 0 Å². The second-order valence-electron chi connectivity index (χ2n) is 7.09. The quantitative estimate of drug-likeness (QED) is 0.673. The Morgan fingerprint density at radius 1 is 1.03 bits per heavy atom. The molecule has 1 saturated heterocycles. The van der Waals surface area contributed by atoms with Gasteiger partial charge in [0.05, 0.1) is 0 Å². The molecule has 0 unspecified atom stereocenters. The molecular formula is C22H24N6O.